The van der Waals surface area contributed by atoms with Crippen LogP contribution in [0.25, 0.3) is 10.2 Å². The third-order valence-corrected chi connectivity index (χ3v) is 5.39. The number of anilines is 1. The summed E-state index contributed by atoms with van der Waals surface area (Å²) in [5.41, 5.74) is 2.01. The van der Waals surface area contributed by atoms with Gasteiger partial charge in [-0.3, -0.25) is 10.1 Å². The topological polar surface area (TPSA) is 78.9 Å². The molecule has 0 atom stereocenters. The third-order valence-electron chi connectivity index (χ3n) is 4.46. The van der Waals surface area contributed by atoms with Gasteiger partial charge in [-0.1, -0.05) is 17.4 Å². The normalized spacial score (nSPS) is 12.5. The minimum Gasteiger partial charge on any atom is -0.493 e. The van der Waals surface area contributed by atoms with Crippen LogP contribution >= 0.6 is 11.3 Å². The number of ether oxygens (including phenoxy) is 4. The van der Waals surface area contributed by atoms with Crippen molar-refractivity contribution in [2.24, 2.45) is 0 Å². The van der Waals surface area contributed by atoms with E-state index in [1.807, 2.05) is 12.1 Å². The molecule has 150 valence electrons. The summed E-state index contributed by atoms with van der Waals surface area (Å²) in [5, 5.41) is 3.35. The van der Waals surface area contributed by atoms with Crippen molar-refractivity contribution in [3.63, 3.8) is 0 Å². The summed E-state index contributed by atoms with van der Waals surface area (Å²) in [6.07, 6.45) is 2.30. The number of allylic oxidation sites excluding steroid dienone is 1. The standard InChI is InChI=1S/C21H20N2O5S/c1-4-5-12-8-13(9-17(25-2)19(12)26-3)20(24)23-21-22-14-10-15-16(11-18(14)29-21)28-7-6-27-15/h4,8-11H,1,5-7H2,2-3H3,(H,22,23,24). The minimum absolute atomic E-state index is 0.285. The molecule has 1 aliphatic heterocycles. The van der Waals surface area contributed by atoms with Crippen molar-refractivity contribution in [2.45, 2.75) is 6.42 Å². The van der Waals surface area contributed by atoms with Gasteiger partial charge < -0.3 is 18.9 Å². The molecule has 0 fully saturated rings. The lowest BCUT2D eigenvalue weighted by Crippen LogP contribution is -2.15. The van der Waals surface area contributed by atoms with Gasteiger partial charge in [-0.15, -0.1) is 6.58 Å². The van der Waals surface area contributed by atoms with E-state index < -0.39 is 0 Å². The van der Waals surface area contributed by atoms with Crippen LogP contribution in [0, 0.1) is 0 Å². The Morgan fingerprint density at radius 2 is 1.97 bits per heavy atom. The van der Waals surface area contributed by atoms with Crippen LogP contribution in [-0.4, -0.2) is 38.3 Å². The van der Waals surface area contributed by atoms with Crippen LogP contribution in [0.3, 0.4) is 0 Å². The predicted octanol–water partition coefficient (Wildman–Crippen LogP) is 4.07. The molecular formula is C21H20N2O5S. The zero-order valence-electron chi connectivity index (χ0n) is 16.1. The molecule has 1 aliphatic rings. The van der Waals surface area contributed by atoms with Crippen molar-refractivity contribution >= 4 is 32.6 Å². The van der Waals surface area contributed by atoms with E-state index in [4.69, 9.17) is 18.9 Å². The molecule has 1 amide bonds. The summed E-state index contributed by atoms with van der Waals surface area (Å²) in [4.78, 5) is 17.4. The van der Waals surface area contributed by atoms with Gasteiger partial charge in [0.15, 0.2) is 28.1 Å². The molecule has 29 heavy (non-hydrogen) atoms. The van der Waals surface area contributed by atoms with Gasteiger partial charge in [0.05, 0.1) is 24.4 Å². The van der Waals surface area contributed by atoms with Gasteiger partial charge in [0.2, 0.25) is 0 Å². The highest BCUT2D eigenvalue weighted by atomic mass is 32.1. The maximum absolute atomic E-state index is 12.9. The number of hydrogen-bond donors (Lipinski definition) is 1. The first-order chi connectivity index (χ1) is 14.1. The molecule has 0 aliphatic carbocycles. The molecule has 0 saturated heterocycles. The molecule has 1 aromatic heterocycles. The smallest absolute Gasteiger partial charge is 0.257 e. The molecular weight excluding hydrogens is 392 g/mol. The number of thiazole rings is 1. The van der Waals surface area contributed by atoms with Crippen molar-refractivity contribution in [3.05, 3.63) is 48.0 Å². The predicted molar refractivity (Wildman–Crippen MR) is 112 cm³/mol. The number of hydrogen-bond acceptors (Lipinski definition) is 7. The van der Waals surface area contributed by atoms with Gasteiger partial charge in [-0.25, -0.2) is 4.98 Å². The Bertz CT molecular complexity index is 1050. The number of amides is 1. The average molecular weight is 412 g/mol. The molecule has 0 unspecified atom stereocenters. The van der Waals surface area contributed by atoms with E-state index in [9.17, 15) is 4.79 Å². The highest BCUT2D eigenvalue weighted by Crippen LogP contribution is 2.38. The Labute approximate surface area is 171 Å². The molecule has 0 bridgehead atoms. The van der Waals surface area contributed by atoms with Gasteiger partial charge in [0.1, 0.15) is 13.2 Å². The number of rotatable bonds is 6. The lowest BCUT2D eigenvalue weighted by molar-refractivity contribution is 0.102. The SMILES string of the molecule is C=CCc1cc(C(=O)Nc2nc3cc4c(cc3s2)OCCO4)cc(OC)c1OC. The van der Waals surface area contributed by atoms with Gasteiger partial charge in [0, 0.05) is 23.3 Å². The van der Waals surface area contributed by atoms with Crippen molar-refractivity contribution in [2.75, 3.05) is 32.8 Å². The zero-order valence-corrected chi connectivity index (χ0v) is 16.9. The number of nitrogens with zero attached hydrogens (tertiary/aromatic N) is 1. The highest BCUT2D eigenvalue weighted by molar-refractivity contribution is 7.22. The van der Waals surface area contributed by atoms with Crippen molar-refractivity contribution in [3.8, 4) is 23.0 Å². The molecule has 8 heteroatoms. The van der Waals surface area contributed by atoms with E-state index in [1.165, 1.54) is 18.4 Å². The summed E-state index contributed by atoms with van der Waals surface area (Å²) in [6.45, 7) is 4.79. The Morgan fingerprint density at radius 3 is 2.66 bits per heavy atom. The van der Waals surface area contributed by atoms with Gasteiger partial charge in [-0.05, 0) is 18.6 Å². The second-order valence-corrected chi connectivity index (χ2v) is 7.33. The Hall–Kier alpha value is -3.26. The lowest BCUT2D eigenvalue weighted by atomic mass is 10.1. The maximum atomic E-state index is 12.9. The molecule has 0 spiro atoms. The zero-order chi connectivity index (χ0) is 20.4. The van der Waals surface area contributed by atoms with Crippen molar-refractivity contribution < 1.29 is 23.7 Å². The summed E-state index contributed by atoms with van der Waals surface area (Å²) < 4.78 is 22.9. The first-order valence-corrected chi connectivity index (χ1v) is 9.82. The van der Waals surface area contributed by atoms with E-state index >= 15 is 0 Å². The molecule has 2 aromatic carbocycles. The first kappa shape index (κ1) is 19.1. The number of fused-ring (bicyclic) bond motifs is 2. The van der Waals surface area contributed by atoms with E-state index in [2.05, 4.69) is 16.9 Å². The number of nitrogens with one attached hydrogen (secondary N) is 1. The molecule has 3 aromatic rings. The second-order valence-electron chi connectivity index (χ2n) is 6.30. The average Bonchev–Trinajstić information content (AvgIpc) is 3.12. The first-order valence-electron chi connectivity index (χ1n) is 9.00. The van der Waals surface area contributed by atoms with Crippen LogP contribution in [0.2, 0.25) is 0 Å². The van der Waals surface area contributed by atoms with E-state index in [1.54, 1.807) is 25.3 Å². The molecule has 1 N–H and O–H groups in total. The summed E-state index contributed by atoms with van der Waals surface area (Å²) in [5.74, 6) is 2.16. The number of methoxy groups -OCH3 is 2. The maximum Gasteiger partial charge on any atom is 0.257 e. The number of benzene rings is 2. The fourth-order valence-electron chi connectivity index (χ4n) is 3.17. The lowest BCUT2D eigenvalue weighted by Gasteiger charge is -2.17. The minimum atomic E-state index is -0.285. The van der Waals surface area contributed by atoms with Crippen LogP contribution in [-0.2, 0) is 6.42 Å². The van der Waals surface area contributed by atoms with Crippen molar-refractivity contribution in [1.29, 1.82) is 0 Å². The fourth-order valence-corrected chi connectivity index (χ4v) is 4.04. The van der Waals surface area contributed by atoms with Crippen LogP contribution < -0.4 is 24.3 Å². The van der Waals surface area contributed by atoms with Crippen LogP contribution in [0.4, 0.5) is 5.13 Å². The molecule has 0 radical (unpaired) electrons. The largest absolute Gasteiger partial charge is 0.493 e. The van der Waals surface area contributed by atoms with E-state index in [-0.39, 0.29) is 5.91 Å². The highest BCUT2D eigenvalue weighted by Gasteiger charge is 2.19. The molecule has 0 saturated carbocycles. The second kappa shape index (κ2) is 8.00. The summed E-state index contributed by atoms with van der Waals surface area (Å²) >= 11 is 1.37. The number of carbonyl (C=O) groups excluding carboxylic acids is 1. The molecule has 4 rings (SSSR count). The Morgan fingerprint density at radius 1 is 1.21 bits per heavy atom. The quantitative estimate of drug-likeness (QED) is 0.615. The van der Waals surface area contributed by atoms with Crippen molar-refractivity contribution in [1.82, 2.24) is 4.98 Å². The number of carbonyl (C=O) groups is 1. The van der Waals surface area contributed by atoms with Gasteiger partial charge >= 0.3 is 0 Å². The van der Waals surface area contributed by atoms with Crippen LogP contribution in [0.1, 0.15) is 15.9 Å². The van der Waals surface area contributed by atoms with Crippen LogP contribution in [0.5, 0.6) is 23.0 Å². The Balaban J connectivity index is 1.63. The van der Waals surface area contributed by atoms with Crippen LogP contribution in [0.15, 0.2) is 36.9 Å². The molecule has 2 heterocycles. The van der Waals surface area contributed by atoms with E-state index in [0.29, 0.717) is 53.3 Å². The van der Waals surface area contributed by atoms with Gasteiger partial charge in [0.25, 0.3) is 5.91 Å². The van der Waals surface area contributed by atoms with E-state index in [0.717, 1.165) is 15.8 Å². The fraction of sp³-hybridized carbons (Fsp3) is 0.238. The monoisotopic (exact) mass is 412 g/mol. The van der Waals surface area contributed by atoms with Gasteiger partial charge in [-0.2, -0.15) is 0 Å². The summed E-state index contributed by atoms with van der Waals surface area (Å²) in [7, 11) is 3.11. The summed E-state index contributed by atoms with van der Waals surface area (Å²) in [6, 6.07) is 7.13. The Kier molecular flexibility index (Phi) is 5.26. The molecule has 7 nitrogen and oxygen atoms in total. The number of aromatic nitrogens is 1. The third kappa shape index (κ3) is 3.71.